The summed E-state index contributed by atoms with van der Waals surface area (Å²) in [5.74, 6) is 0. The van der Waals surface area contributed by atoms with Crippen molar-refractivity contribution >= 4 is 0 Å². The molecule has 0 aliphatic heterocycles. The molecule has 4 heteroatoms. The molecule has 0 amide bonds. The quantitative estimate of drug-likeness (QED) is 0.486. The third kappa shape index (κ3) is 4.66. The van der Waals surface area contributed by atoms with Crippen molar-refractivity contribution < 1.29 is 9.84 Å². The number of ether oxygens (including phenoxy) is 1. The highest BCUT2D eigenvalue weighted by Crippen LogP contribution is 2.04. The highest BCUT2D eigenvalue weighted by Gasteiger charge is 2.16. The van der Waals surface area contributed by atoms with Crippen molar-refractivity contribution in [1.29, 1.82) is 0 Å². The number of nitrogens with two attached hydrogens (primary N) is 2. The molecule has 0 aromatic rings. The summed E-state index contributed by atoms with van der Waals surface area (Å²) in [5, 5.41) is 8.66. The second-order valence-electron chi connectivity index (χ2n) is 2.75. The monoisotopic (exact) mass is 176 g/mol. The molecule has 12 heavy (non-hydrogen) atoms. The minimum absolute atomic E-state index is 0.00727. The lowest BCUT2D eigenvalue weighted by atomic mass is 10.1. The van der Waals surface area contributed by atoms with Gasteiger partial charge in [-0.25, -0.2) is 0 Å². The van der Waals surface area contributed by atoms with Crippen LogP contribution in [0, 0.1) is 0 Å². The van der Waals surface area contributed by atoms with Crippen LogP contribution in [0.1, 0.15) is 19.8 Å². The van der Waals surface area contributed by atoms with E-state index in [9.17, 15) is 0 Å². The molecule has 4 nitrogen and oxygen atoms in total. The predicted molar refractivity (Wildman–Crippen MR) is 48.8 cm³/mol. The summed E-state index contributed by atoms with van der Waals surface area (Å²) in [6.07, 6.45) is 1.33. The Bertz CT molecular complexity index is 95.1. The standard InChI is InChI=1S/C8H20N2O2/c1-2-12-8(3-5-9)7(10)4-6-11/h7-8,11H,2-6,9-10H2,1H3. The van der Waals surface area contributed by atoms with E-state index in [1.807, 2.05) is 6.92 Å². The zero-order chi connectivity index (χ0) is 9.40. The Labute approximate surface area is 73.9 Å². The van der Waals surface area contributed by atoms with Crippen LogP contribution in [0.5, 0.6) is 0 Å². The number of aliphatic hydroxyl groups excluding tert-OH is 1. The lowest BCUT2D eigenvalue weighted by Crippen LogP contribution is -2.39. The highest BCUT2D eigenvalue weighted by atomic mass is 16.5. The molecule has 0 saturated heterocycles. The molecule has 2 atom stereocenters. The topological polar surface area (TPSA) is 81.5 Å². The molecule has 2 unspecified atom stereocenters. The first kappa shape index (κ1) is 11.8. The van der Waals surface area contributed by atoms with Crippen molar-refractivity contribution in [3.05, 3.63) is 0 Å². The normalized spacial score (nSPS) is 16.0. The Balaban J connectivity index is 3.72. The first-order valence-corrected chi connectivity index (χ1v) is 4.44. The van der Waals surface area contributed by atoms with Crippen molar-refractivity contribution in [2.24, 2.45) is 11.5 Å². The van der Waals surface area contributed by atoms with Gasteiger partial charge in [0.15, 0.2) is 0 Å². The van der Waals surface area contributed by atoms with Crippen molar-refractivity contribution in [3.8, 4) is 0 Å². The van der Waals surface area contributed by atoms with Gasteiger partial charge in [-0.15, -0.1) is 0 Å². The number of hydrogen-bond acceptors (Lipinski definition) is 4. The van der Waals surface area contributed by atoms with Crippen LogP contribution >= 0.6 is 0 Å². The largest absolute Gasteiger partial charge is 0.396 e. The molecular formula is C8H20N2O2. The zero-order valence-corrected chi connectivity index (χ0v) is 7.70. The van der Waals surface area contributed by atoms with Crippen LogP contribution < -0.4 is 11.5 Å². The van der Waals surface area contributed by atoms with Gasteiger partial charge in [-0.1, -0.05) is 0 Å². The Morgan fingerprint density at radius 3 is 2.50 bits per heavy atom. The van der Waals surface area contributed by atoms with E-state index in [1.165, 1.54) is 0 Å². The fraction of sp³-hybridized carbons (Fsp3) is 1.00. The lowest BCUT2D eigenvalue weighted by molar-refractivity contribution is 0.0339. The number of hydrogen-bond donors (Lipinski definition) is 3. The average molecular weight is 176 g/mol. The fourth-order valence-electron chi connectivity index (χ4n) is 1.13. The van der Waals surface area contributed by atoms with Crippen molar-refractivity contribution in [2.75, 3.05) is 19.8 Å². The van der Waals surface area contributed by atoms with Gasteiger partial charge >= 0.3 is 0 Å². The Kier molecular flexibility index (Phi) is 7.39. The van der Waals surface area contributed by atoms with E-state index in [1.54, 1.807) is 0 Å². The molecule has 0 aromatic carbocycles. The molecule has 0 rings (SSSR count). The van der Waals surface area contributed by atoms with Crippen molar-refractivity contribution in [2.45, 2.75) is 31.9 Å². The third-order valence-electron chi connectivity index (χ3n) is 1.77. The Morgan fingerprint density at radius 1 is 1.42 bits per heavy atom. The van der Waals surface area contributed by atoms with E-state index < -0.39 is 0 Å². The van der Waals surface area contributed by atoms with Crippen LogP contribution in [-0.2, 0) is 4.74 Å². The molecule has 0 bridgehead atoms. The van der Waals surface area contributed by atoms with Gasteiger partial charge < -0.3 is 21.3 Å². The highest BCUT2D eigenvalue weighted by molar-refractivity contribution is 4.73. The maximum atomic E-state index is 8.66. The third-order valence-corrected chi connectivity index (χ3v) is 1.77. The SMILES string of the molecule is CCOC(CCN)C(N)CCO. The molecule has 5 N–H and O–H groups in total. The van der Waals surface area contributed by atoms with Gasteiger partial charge in [-0.3, -0.25) is 0 Å². The predicted octanol–water partition coefficient (Wildman–Crippen LogP) is -0.550. The Morgan fingerprint density at radius 2 is 2.08 bits per heavy atom. The van der Waals surface area contributed by atoms with Crippen LogP contribution in [0.2, 0.25) is 0 Å². The summed E-state index contributed by atoms with van der Waals surface area (Å²) < 4.78 is 5.38. The molecule has 0 spiro atoms. The minimum atomic E-state index is -0.0986. The number of rotatable bonds is 7. The van der Waals surface area contributed by atoms with E-state index in [-0.39, 0.29) is 18.8 Å². The van der Waals surface area contributed by atoms with E-state index in [4.69, 9.17) is 21.3 Å². The van der Waals surface area contributed by atoms with Crippen molar-refractivity contribution in [1.82, 2.24) is 0 Å². The van der Waals surface area contributed by atoms with Gasteiger partial charge in [0, 0.05) is 19.3 Å². The Hall–Kier alpha value is -0.160. The summed E-state index contributed by atoms with van der Waals surface area (Å²) in [4.78, 5) is 0. The first-order chi connectivity index (χ1) is 5.76. The van der Waals surface area contributed by atoms with Gasteiger partial charge in [0.1, 0.15) is 0 Å². The summed E-state index contributed by atoms with van der Waals surface area (Å²) in [5.41, 5.74) is 11.2. The van der Waals surface area contributed by atoms with Crippen LogP contribution in [0.4, 0.5) is 0 Å². The number of aliphatic hydroxyl groups is 1. The minimum Gasteiger partial charge on any atom is -0.396 e. The summed E-state index contributed by atoms with van der Waals surface area (Å²) in [7, 11) is 0. The zero-order valence-electron chi connectivity index (χ0n) is 7.70. The van der Waals surface area contributed by atoms with E-state index in [0.717, 1.165) is 6.42 Å². The van der Waals surface area contributed by atoms with Crippen LogP contribution in [0.25, 0.3) is 0 Å². The molecule has 0 radical (unpaired) electrons. The molecule has 0 aliphatic rings. The summed E-state index contributed by atoms with van der Waals surface area (Å²) >= 11 is 0. The summed E-state index contributed by atoms with van der Waals surface area (Å²) in [6, 6.07) is -0.0986. The molecule has 0 fully saturated rings. The lowest BCUT2D eigenvalue weighted by Gasteiger charge is -2.22. The van der Waals surface area contributed by atoms with Crippen molar-refractivity contribution in [3.63, 3.8) is 0 Å². The first-order valence-electron chi connectivity index (χ1n) is 4.44. The molecule has 0 aromatic heterocycles. The van der Waals surface area contributed by atoms with Crippen LogP contribution in [0.15, 0.2) is 0 Å². The van der Waals surface area contributed by atoms with Gasteiger partial charge in [-0.2, -0.15) is 0 Å². The molecule has 0 heterocycles. The molecular weight excluding hydrogens is 156 g/mol. The fourth-order valence-corrected chi connectivity index (χ4v) is 1.13. The van der Waals surface area contributed by atoms with E-state index in [2.05, 4.69) is 0 Å². The van der Waals surface area contributed by atoms with Gasteiger partial charge in [0.05, 0.1) is 6.10 Å². The van der Waals surface area contributed by atoms with E-state index in [0.29, 0.717) is 19.6 Å². The average Bonchev–Trinajstić information content (AvgIpc) is 2.04. The van der Waals surface area contributed by atoms with Gasteiger partial charge in [-0.05, 0) is 26.3 Å². The van der Waals surface area contributed by atoms with Crippen LogP contribution in [-0.4, -0.2) is 37.0 Å². The maximum Gasteiger partial charge on any atom is 0.0738 e. The molecule has 0 aliphatic carbocycles. The molecule has 0 saturated carbocycles. The maximum absolute atomic E-state index is 8.66. The van der Waals surface area contributed by atoms with Crippen LogP contribution in [0.3, 0.4) is 0 Å². The second-order valence-corrected chi connectivity index (χ2v) is 2.75. The smallest absolute Gasteiger partial charge is 0.0738 e. The summed E-state index contributed by atoms with van der Waals surface area (Å²) in [6.45, 7) is 3.25. The van der Waals surface area contributed by atoms with Gasteiger partial charge in [0.25, 0.3) is 0 Å². The van der Waals surface area contributed by atoms with Gasteiger partial charge in [0.2, 0.25) is 0 Å². The molecule has 74 valence electrons. The second kappa shape index (κ2) is 7.49. The van der Waals surface area contributed by atoms with E-state index >= 15 is 0 Å².